The topological polar surface area (TPSA) is 190 Å². The van der Waals surface area contributed by atoms with Crippen LogP contribution in [0, 0.1) is 0 Å². The Kier molecular flexibility index (Phi) is 32.8. The maximum absolute atomic E-state index is 10.8. The summed E-state index contributed by atoms with van der Waals surface area (Å²) >= 11 is 0.149. The molecule has 2 radical (unpaired) electrons. The summed E-state index contributed by atoms with van der Waals surface area (Å²) < 4.78 is 3.25. The molecule has 0 aliphatic carbocycles. The first kappa shape index (κ1) is 46.0. The van der Waals surface area contributed by atoms with Crippen molar-refractivity contribution in [1.82, 2.24) is 0 Å². The molecule has 11 heteroatoms. The van der Waals surface area contributed by atoms with Gasteiger partial charge in [-0.3, -0.25) is 9.59 Å². The predicted molar refractivity (Wildman–Crippen MR) is 171 cm³/mol. The fraction of sp³-hybridized carbons (Fsp3) is 0.875. The molecule has 0 aromatic heterocycles. The number of carboxylic acids is 4. The number of hydrogen-bond acceptors (Lipinski definition) is 6. The van der Waals surface area contributed by atoms with Gasteiger partial charge in [-0.1, -0.05) is 78.1 Å². The molecule has 0 spiro atoms. The Morgan fingerprint density at radius 2 is 0.744 bits per heavy atom. The van der Waals surface area contributed by atoms with Gasteiger partial charge in [-0.05, 0) is 25.7 Å². The van der Waals surface area contributed by atoms with Crippen LogP contribution in [0.25, 0.3) is 0 Å². The van der Waals surface area contributed by atoms with Crippen LogP contribution in [0.5, 0.6) is 0 Å². The van der Waals surface area contributed by atoms with E-state index in [0.717, 1.165) is 64.2 Å². The molecule has 0 aromatic rings. The Morgan fingerprint density at radius 1 is 0.465 bits per heavy atom. The average molecular weight is 726 g/mol. The van der Waals surface area contributed by atoms with Crippen molar-refractivity contribution in [3.05, 3.63) is 0 Å². The molecule has 0 amide bonds. The van der Waals surface area contributed by atoms with Crippen LogP contribution in [0.15, 0.2) is 0 Å². The first-order valence-electron chi connectivity index (χ1n) is 16.3. The van der Waals surface area contributed by atoms with Crippen LogP contribution in [0.3, 0.4) is 0 Å². The zero-order valence-electron chi connectivity index (χ0n) is 27.4. The minimum atomic E-state index is -2.11. The SMILES string of the molecule is CCCCCCCCC(O)(CC(=O)O)C(=O)O.CCCCCCCCC(O)(CC(=O)O)C(=O)O.CCC[CH2][Sn][CH2]CCC. The van der Waals surface area contributed by atoms with Crippen molar-refractivity contribution in [2.24, 2.45) is 0 Å². The van der Waals surface area contributed by atoms with Gasteiger partial charge in [-0.2, -0.15) is 0 Å². The molecule has 0 saturated carbocycles. The summed E-state index contributed by atoms with van der Waals surface area (Å²) in [6.45, 7) is 8.80. The zero-order valence-corrected chi connectivity index (χ0v) is 30.2. The molecule has 6 N–H and O–H groups in total. The van der Waals surface area contributed by atoms with Gasteiger partial charge in [0.15, 0.2) is 11.2 Å². The van der Waals surface area contributed by atoms with Crippen molar-refractivity contribution in [1.29, 1.82) is 0 Å². The molecule has 0 fully saturated rings. The Labute approximate surface area is 270 Å². The number of unbranched alkanes of at least 4 members (excludes halogenated alkanes) is 12. The van der Waals surface area contributed by atoms with Crippen LogP contribution in [-0.2, 0) is 19.2 Å². The minimum absolute atomic E-state index is 0.000752. The van der Waals surface area contributed by atoms with E-state index in [1.165, 1.54) is 25.7 Å². The monoisotopic (exact) mass is 726 g/mol. The van der Waals surface area contributed by atoms with E-state index in [1.807, 2.05) is 0 Å². The molecule has 0 rings (SSSR count). The van der Waals surface area contributed by atoms with Gasteiger partial charge < -0.3 is 30.6 Å². The van der Waals surface area contributed by atoms with E-state index >= 15 is 0 Å². The van der Waals surface area contributed by atoms with E-state index in [0.29, 0.717) is 12.8 Å². The second-order valence-electron chi connectivity index (χ2n) is 11.3. The van der Waals surface area contributed by atoms with Crippen LogP contribution in [0.2, 0.25) is 8.87 Å². The second kappa shape index (κ2) is 30.6. The number of carboxylic acid groups (broad SMARTS) is 4. The maximum atomic E-state index is 10.8. The number of aliphatic hydroxyl groups is 2. The molecule has 0 aliphatic heterocycles. The number of carbonyl (C=O) groups is 4. The summed E-state index contributed by atoms with van der Waals surface area (Å²) in [5.74, 6) is -5.48. The molecular formula is C32H62O10Sn. The standard InChI is InChI=1S/2C12H22O5.2C4H9.Sn/c2*1-2-3-4-5-6-7-8-12(17,11(15)16)9-10(13)14;2*1-3-4-2;/h2*17H,2-9H2,1H3,(H,13,14)(H,15,16);2*1,3-4H2,2H3;. The fourth-order valence-corrected chi connectivity index (χ4v) is 8.33. The molecule has 0 saturated heterocycles. The molecule has 0 bridgehead atoms. The summed E-state index contributed by atoms with van der Waals surface area (Å²) in [6.07, 6.45) is 15.9. The van der Waals surface area contributed by atoms with E-state index in [9.17, 15) is 29.4 Å². The van der Waals surface area contributed by atoms with Crippen LogP contribution < -0.4 is 0 Å². The van der Waals surface area contributed by atoms with E-state index < -0.39 is 47.9 Å². The van der Waals surface area contributed by atoms with Gasteiger partial charge in [0.1, 0.15) is 0 Å². The molecule has 0 aliphatic rings. The van der Waals surface area contributed by atoms with Crippen molar-refractivity contribution in [2.45, 2.75) is 176 Å². The number of rotatable bonds is 26. The summed E-state index contributed by atoms with van der Waals surface area (Å²) in [4.78, 5) is 42.6. The molecule has 254 valence electrons. The van der Waals surface area contributed by atoms with Gasteiger partial charge in [0.05, 0.1) is 12.8 Å². The zero-order chi connectivity index (χ0) is 33.6. The van der Waals surface area contributed by atoms with Crippen LogP contribution in [-0.4, -0.2) is 86.9 Å². The predicted octanol–water partition coefficient (Wildman–Crippen LogP) is 7.18. The fourth-order valence-electron chi connectivity index (χ4n) is 4.17. The number of hydrogen-bond donors (Lipinski definition) is 6. The van der Waals surface area contributed by atoms with Crippen molar-refractivity contribution >= 4 is 45.0 Å². The molecular weight excluding hydrogens is 663 g/mol. The van der Waals surface area contributed by atoms with Gasteiger partial charge in [-0.15, -0.1) is 0 Å². The van der Waals surface area contributed by atoms with Crippen LogP contribution in [0.1, 0.15) is 156 Å². The normalized spacial score (nSPS) is 13.3. The Bertz CT molecular complexity index is 660. The van der Waals surface area contributed by atoms with Crippen molar-refractivity contribution in [3.8, 4) is 0 Å². The van der Waals surface area contributed by atoms with E-state index in [-0.39, 0.29) is 34.0 Å². The molecule has 43 heavy (non-hydrogen) atoms. The van der Waals surface area contributed by atoms with Gasteiger partial charge in [0.25, 0.3) is 0 Å². The third-order valence-corrected chi connectivity index (χ3v) is 11.0. The Hall–Kier alpha value is -1.40. The summed E-state index contributed by atoms with van der Waals surface area (Å²) in [5, 5.41) is 54.1. The third-order valence-electron chi connectivity index (χ3n) is 6.99. The molecule has 2 atom stereocenters. The average Bonchev–Trinajstić information content (AvgIpc) is 2.92. The first-order chi connectivity index (χ1) is 20.3. The molecule has 10 nitrogen and oxygen atoms in total. The Morgan fingerprint density at radius 3 is 1.00 bits per heavy atom. The van der Waals surface area contributed by atoms with Gasteiger partial charge in [0.2, 0.25) is 0 Å². The molecule has 0 heterocycles. The van der Waals surface area contributed by atoms with Gasteiger partial charge in [-0.25, -0.2) is 9.59 Å². The number of aliphatic carboxylic acids is 4. The quantitative estimate of drug-likeness (QED) is 0.0394. The van der Waals surface area contributed by atoms with E-state index in [1.54, 1.807) is 8.87 Å². The van der Waals surface area contributed by atoms with E-state index in [4.69, 9.17) is 20.4 Å². The summed E-state index contributed by atoms with van der Waals surface area (Å²) in [6, 6.07) is 0. The van der Waals surface area contributed by atoms with Crippen molar-refractivity contribution in [2.75, 3.05) is 0 Å². The van der Waals surface area contributed by atoms with Gasteiger partial charge in [0, 0.05) is 0 Å². The molecule has 0 aromatic carbocycles. The van der Waals surface area contributed by atoms with Gasteiger partial charge >= 0.3 is 93.4 Å². The summed E-state index contributed by atoms with van der Waals surface area (Å²) in [7, 11) is 0. The second-order valence-corrected chi connectivity index (χ2v) is 15.6. The molecule has 2 unspecified atom stereocenters. The van der Waals surface area contributed by atoms with Crippen molar-refractivity contribution < 1.29 is 49.8 Å². The summed E-state index contributed by atoms with van der Waals surface area (Å²) in [5.41, 5.74) is -4.23. The third kappa shape index (κ3) is 30.4. The van der Waals surface area contributed by atoms with Crippen LogP contribution in [0.4, 0.5) is 0 Å². The van der Waals surface area contributed by atoms with Crippen molar-refractivity contribution in [3.63, 3.8) is 0 Å². The van der Waals surface area contributed by atoms with E-state index in [2.05, 4.69) is 27.7 Å². The Balaban J connectivity index is -0.000000586. The van der Waals surface area contributed by atoms with Crippen LogP contribution >= 0.6 is 0 Å². The first-order valence-corrected chi connectivity index (χ1v) is 20.4.